The molecule has 1 aromatic carbocycles. The van der Waals surface area contributed by atoms with Crippen molar-refractivity contribution in [2.75, 3.05) is 13.7 Å². The van der Waals surface area contributed by atoms with Gasteiger partial charge in [-0.25, -0.2) is 4.39 Å². The molecule has 0 saturated carbocycles. The predicted molar refractivity (Wildman–Crippen MR) is 67.3 cm³/mol. The van der Waals surface area contributed by atoms with E-state index in [2.05, 4.69) is 5.32 Å². The van der Waals surface area contributed by atoms with Crippen LogP contribution in [0, 0.1) is 12.7 Å². The Bertz CT molecular complexity index is 442. The van der Waals surface area contributed by atoms with Crippen LogP contribution in [-0.4, -0.2) is 13.7 Å². The molecule has 0 aliphatic carbocycles. The molecule has 0 spiro atoms. The Labute approximate surface area is 106 Å². The average molecular weight is 258 g/mol. The lowest BCUT2D eigenvalue weighted by molar-refractivity contribution is 0.366. The molecule has 94 valence electrons. The van der Waals surface area contributed by atoms with Gasteiger partial charge in [-0.3, -0.25) is 0 Å². The maximum atomic E-state index is 13.8. The average Bonchev–Trinajstić information content (AvgIpc) is 2.71. The maximum Gasteiger partial charge on any atom is 0.142 e. The minimum Gasteiger partial charge on any atom is -0.496 e. The SMILES string of the molecule is COc1c(C)cc(F)c(Cl)c1C1(C)CCCN1. The molecule has 1 N–H and O–H groups in total. The number of nitrogens with one attached hydrogen (secondary N) is 1. The highest BCUT2D eigenvalue weighted by Crippen LogP contribution is 2.43. The van der Waals surface area contributed by atoms with E-state index in [9.17, 15) is 4.39 Å². The molecule has 1 fully saturated rings. The summed E-state index contributed by atoms with van der Waals surface area (Å²) in [7, 11) is 1.60. The van der Waals surface area contributed by atoms with Crippen molar-refractivity contribution in [3.63, 3.8) is 0 Å². The van der Waals surface area contributed by atoms with Crippen LogP contribution >= 0.6 is 11.6 Å². The number of hydrogen-bond acceptors (Lipinski definition) is 2. The van der Waals surface area contributed by atoms with E-state index < -0.39 is 0 Å². The topological polar surface area (TPSA) is 21.3 Å². The summed E-state index contributed by atoms with van der Waals surface area (Å²) < 4.78 is 19.2. The first-order chi connectivity index (χ1) is 7.99. The third-order valence-corrected chi connectivity index (χ3v) is 3.85. The lowest BCUT2D eigenvalue weighted by atomic mass is 9.88. The summed E-state index contributed by atoms with van der Waals surface area (Å²) in [4.78, 5) is 0. The van der Waals surface area contributed by atoms with Crippen LogP contribution < -0.4 is 10.1 Å². The van der Waals surface area contributed by atoms with Gasteiger partial charge >= 0.3 is 0 Å². The van der Waals surface area contributed by atoms with Crippen molar-refractivity contribution in [3.05, 3.63) is 28.0 Å². The molecule has 1 aliphatic rings. The summed E-state index contributed by atoms with van der Waals surface area (Å²) in [5.74, 6) is 0.309. The third-order valence-electron chi connectivity index (χ3n) is 3.48. The number of hydrogen-bond donors (Lipinski definition) is 1. The number of benzene rings is 1. The van der Waals surface area contributed by atoms with Crippen molar-refractivity contribution < 1.29 is 9.13 Å². The second kappa shape index (κ2) is 4.46. The normalized spacial score (nSPS) is 24.1. The molecule has 1 saturated heterocycles. The van der Waals surface area contributed by atoms with Gasteiger partial charge in [-0.05, 0) is 44.9 Å². The smallest absolute Gasteiger partial charge is 0.142 e. The van der Waals surface area contributed by atoms with E-state index in [1.165, 1.54) is 6.07 Å². The molecule has 1 atom stereocenters. The zero-order valence-electron chi connectivity index (χ0n) is 10.4. The van der Waals surface area contributed by atoms with Gasteiger partial charge in [-0.1, -0.05) is 11.6 Å². The minimum atomic E-state index is -0.380. The highest BCUT2D eigenvalue weighted by Gasteiger charge is 2.36. The van der Waals surface area contributed by atoms with Gasteiger partial charge in [0.2, 0.25) is 0 Å². The second-order valence-corrected chi connectivity index (χ2v) is 5.14. The first kappa shape index (κ1) is 12.7. The predicted octanol–water partition coefficient (Wildman–Crippen LogP) is 3.39. The van der Waals surface area contributed by atoms with Crippen LogP contribution in [0.3, 0.4) is 0 Å². The van der Waals surface area contributed by atoms with Crippen molar-refractivity contribution in [3.8, 4) is 5.75 Å². The van der Waals surface area contributed by atoms with Crippen molar-refractivity contribution in [1.29, 1.82) is 0 Å². The molecule has 2 rings (SSSR count). The van der Waals surface area contributed by atoms with Crippen molar-refractivity contribution in [1.82, 2.24) is 5.32 Å². The Hall–Kier alpha value is -0.800. The highest BCUT2D eigenvalue weighted by molar-refractivity contribution is 6.31. The standard InChI is InChI=1S/C13H17ClFNO/c1-8-7-9(15)11(14)10(12(8)17-3)13(2)5-4-6-16-13/h7,16H,4-6H2,1-3H3. The molecule has 1 aliphatic heterocycles. The van der Waals surface area contributed by atoms with Crippen LogP contribution in [0.4, 0.5) is 4.39 Å². The van der Waals surface area contributed by atoms with E-state index >= 15 is 0 Å². The monoisotopic (exact) mass is 257 g/mol. The molecule has 0 bridgehead atoms. The van der Waals surface area contributed by atoms with Gasteiger partial charge in [0, 0.05) is 11.1 Å². The lowest BCUT2D eigenvalue weighted by Crippen LogP contribution is -2.34. The molecule has 0 amide bonds. The van der Waals surface area contributed by atoms with Gasteiger partial charge in [-0.15, -0.1) is 0 Å². The van der Waals surface area contributed by atoms with Gasteiger partial charge in [0.1, 0.15) is 11.6 Å². The van der Waals surface area contributed by atoms with Crippen molar-refractivity contribution in [2.24, 2.45) is 0 Å². The first-order valence-electron chi connectivity index (χ1n) is 5.77. The van der Waals surface area contributed by atoms with Gasteiger partial charge < -0.3 is 10.1 Å². The Balaban J connectivity index is 2.65. The summed E-state index contributed by atoms with van der Waals surface area (Å²) in [5.41, 5.74) is 1.23. The van der Waals surface area contributed by atoms with E-state index in [1.807, 2.05) is 13.8 Å². The molecule has 0 radical (unpaired) electrons. The fraction of sp³-hybridized carbons (Fsp3) is 0.538. The number of methoxy groups -OCH3 is 1. The van der Waals surface area contributed by atoms with Gasteiger partial charge in [0.15, 0.2) is 0 Å². The van der Waals surface area contributed by atoms with Crippen molar-refractivity contribution >= 4 is 11.6 Å². The van der Waals surface area contributed by atoms with Crippen LogP contribution in [-0.2, 0) is 5.54 Å². The lowest BCUT2D eigenvalue weighted by Gasteiger charge is -2.29. The molecular formula is C13H17ClFNO. The Morgan fingerprint density at radius 3 is 2.76 bits per heavy atom. The molecule has 2 nitrogen and oxygen atoms in total. The van der Waals surface area contributed by atoms with E-state index in [1.54, 1.807) is 7.11 Å². The van der Waals surface area contributed by atoms with E-state index in [-0.39, 0.29) is 16.4 Å². The highest BCUT2D eigenvalue weighted by atomic mass is 35.5. The van der Waals surface area contributed by atoms with Crippen LogP contribution in [0.25, 0.3) is 0 Å². The zero-order chi connectivity index (χ0) is 12.6. The Kier molecular flexibility index (Phi) is 3.32. The van der Waals surface area contributed by atoms with E-state index in [4.69, 9.17) is 16.3 Å². The van der Waals surface area contributed by atoms with Crippen LogP contribution in [0.1, 0.15) is 30.9 Å². The number of rotatable bonds is 2. The number of halogens is 2. The fourth-order valence-corrected chi connectivity index (χ4v) is 2.95. The summed E-state index contributed by atoms with van der Waals surface area (Å²) in [6, 6.07) is 1.42. The molecule has 1 unspecified atom stereocenters. The van der Waals surface area contributed by atoms with Gasteiger partial charge in [0.25, 0.3) is 0 Å². The second-order valence-electron chi connectivity index (χ2n) is 4.76. The quantitative estimate of drug-likeness (QED) is 0.877. The minimum absolute atomic E-state index is 0.171. The van der Waals surface area contributed by atoms with Gasteiger partial charge in [-0.2, -0.15) is 0 Å². The first-order valence-corrected chi connectivity index (χ1v) is 6.15. The van der Waals surface area contributed by atoms with Crippen LogP contribution in [0.5, 0.6) is 5.75 Å². The Morgan fingerprint density at radius 1 is 1.53 bits per heavy atom. The maximum absolute atomic E-state index is 13.8. The largest absolute Gasteiger partial charge is 0.496 e. The van der Waals surface area contributed by atoms with E-state index in [0.29, 0.717) is 5.75 Å². The summed E-state index contributed by atoms with van der Waals surface area (Å²) in [6.07, 6.45) is 2.00. The molecule has 17 heavy (non-hydrogen) atoms. The molecule has 1 heterocycles. The van der Waals surface area contributed by atoms with Crippen molar-refractivity contribution in [2.45, 2.75) is 32.2 Å². The fourth-order valence-electron chi connectivity index (χ4n) is 2.60. The summed E-state index contributed by atoms with van der Waals surface area (Å²) in [6.45, 7) is 4.80. The number of aryl methyl sites for hydroxylation is 1. The summed E-state index contributed by atoms with van der Waals surface area (Å²) in [5, 5.41) is 3.56. The molecule has 1 aromatic rings. The molecule has 4 heteroatoms. The van der Waals surface area contributed by atoms with Crippen LogP contribution in [0.2, 0.25) is 5.02 Å². The third kappa shape index (κ3) is 2.02. The van der Waals surface area contributed by atoms with Gasteiger partial charge in [0.05, 0.1) is 12.1 Å². The van der Waals surface area contributed by atoms with E-state index in [0.717, 1.165) is 30.5 Å². The zero-order valence-corrected chi connectivity index (χ0v) is 11.1. The Morgan fingerprint density at radius 2 is 2.24 bits per heavy atom. The molecular weight excluding hydrogens is 241 g/mol. The van der Waals surface area contributed by atoms with Crippen LogP contribution in [0.15, 0.2) is 6.07 Å². The molecule has 0 aromatic heterocycles. The summed E-state index contributed by atoms with van der Waals surface area (Å²) >= 11 is 6.12. The number of ether oxygens (including phenoxy) is 1.